The van der Waals surface area contributed by atoms with Gasteiger partial charge in [0.2, 0.25) is 0 Å². The van der Waals surface area contributed by atoms with Crippen LogP contribution < -0.4 is 4.74 Å². The van der Waals surface area contributed by atoms with E-state index in [2.05, 4.69) is 4.98 Å². The van der Waals surface area contributed by atoms with Gasteiger partial charge in [0.25, 0.3) is 0 Å². The molecule has 1 aromatic carbocycles. The molecule has 0 aliphatic carbocycles. The van der Waals surface area contributed by atoms with Gasteiger partial charge in [-0.05, 0) is 31.9 Å². The maximum absolute atomic E-state index is 11.5. The standard InChI is InChI=1S/C16H17NO4S/c1-10-8-17-15(22-10)12-5-2-6-13(16(18)19)14(12)21-9-11-4-3-7-20-11/h2,5-6,8,11H,3-4,7,9H2,1H3,(H,18,19)/t11-/m1/s1. The van der Waals surface area contributed by atoms with E-state index in [0.29, 0.717) is 12.4 Å². The van der Waals surface area contributed by atoms with E-state index in [1.54, 1.807) is 18.3 Å². The Labute approximate surface area is 132 Å². The Bertz CT molecular complexity index is 677. The highest BCUT2D eigenvalue weighted by Crippen LogP contribution is 2.36. The van der Waals surface area contributed by atoms with Crippen molar-refractivity contribution in [1.82, 2.24) is 4.98 Å². The summed E-state index contributed by atoms with van der Waals surface area (Å²) < 4.78 is 11.4. The minimum atomic E-state index is -1.00. The first-order valence-electron chi connectivity index (χ1n) is 7.18. The van der Waals surface area contributed by atoms with Gasteiger partial charge < -0.3 is 14.6 Å². The van der Waals surface area contributed by atoms with Crippen LogP contribution in [-0.4, -0.2) is 35.4 Å². The summed E-state index contributed by atoms with van der Waals surface area (Å²) in [6.45, 7) is 3.07. The van der Waals surface area contributed by atoms with Crippen molar-refractivity contribution in [1.29, 1.82) is 0 Å². The van der Waals surface area contributed by atoms with Crippen LogP contribution in [0, 0.1) is 6.92 Å². The Balaban J connectivity index is 1.94. The smallest absolute Gasteiger partial charge is 0.339 e. The summed E-state index contributed by atoms with van der Waals surface area (Å²) in [4.78, 5) is 16.9. The van der Waals surface area contributed by atoms with Crippen molar-refractivity contribution in [2.45, 2.75) is 25.9 Å². The van der Waals surface area contributed by atoms with E-state index in [9.17, 15) is 9.90 Å². The molecule has 0 spiro atoms. The Hall–Kier alpha value is -1.92. The van der Waals surface area contributed by atoms with Crippen LogP contribution in [0.4, 0.5) is 0 Å². The highest BCUT2D eigenvalue weighted by molar-refractivity contribution is 7.15. The highest BCUT2D eigenvalue weighted by atomic mass is 32.1. The summed E-state index contributed by atoms with van der Waals surface area (Å²) in [5.74, 6) is -0.627. The number of ether oxygens (including phenoxy) is 2. The molecule has 1 N–H and O–H groups in total. The number of hydrogen-bond acceptors (Lipinski definition) is 5. The van der Waals surface area contributed by atoms with E-state index in [1.165, 1.54) is 11.3 Å². The number of aromatic carboxylic acids is 1. The van der Waals surface area contributed by atoms with Crippen LogP contribution >= 0.6 is 11.3 Å². The fourth-order valence-electron chi connectivity index (χ4n) is 2.46. The third-order valence-electron chi connectivity index (χ3n) is 3.53. The normalized spacial score (nSPS) is 17.6. The fraction of sp³-hybridized carbons (Fsp3) is 0.375. The second-order valence-electron chi connectivity index (χ2n) is 5.21. The first-order valence-corrected chi connectivity index (χ1v) is 8.00. The molecule has 1 atom stereocenters. The fourth-order valence-corrected chi connectivity index (χ4v) is 3.25. The maximum atomic E-state index is 11.5. The highest BCUT2D eigenvalue weighted by Gasteiger charge is 2.21. The lowest BCUT2D eigenvalue weighted by Crippen LogP contribution is -2.18. The molecule has 6 heteroatoms. The Kier molecular flexibility index (Phi) is 4.40. The van der Waals surface area contributed by atoms with Gasteiger partial charge in [-0.15, -0.1) is 11.3 Å². The lowest BCUT2D eigenvalue weighted by Gasteiger charge is -2.15. The Morgan fingerprint density at radius 2 is 2.41 bits per heavy atom. The summed E-state index contributed by atoms with van der Waals surface area (Å²) in [5, 5.41) is 10.2. The summed E-state index contributed by atoms with van der Waals surface area (Å²) in [6, 6.07) is 5.11. The van der Waals surface area contributed by atoms with Crippen molar-refractivity contribution in [3.63, 3.8) is 0 Å². The lowest BCUT2D eigenvalue weighted by atomic mass is 10.1. The van der Waals surface area contributed by atoms with Crippen molar-refractivity contribution in [2.24, 2.45) is 0 Å². The van der Waals surface area contributed by atoms with Crippen molar-refractivity contribution in [3.05, 3.63) is 34.8 Å². The molecule has 3 rings (SSSR count). The number of nitrogens with zero attached hydrogens (tertiary/aromatic N) is 1. The number of rotatable bonds is 5. The molecule has 0 saturated carbocycles. The third kappa shape index (κ3) is 3.13. The van der Waals surface area contributed by atoms with Crippen molar-refractivity contribution >= 4 is 17.3 Å². The van der Waals surface area contributed by atoms with E-state index in [0.717, 1.165) is 34.9 Å². The van der Waals surface area contributed by atoms with Gasteiger partial charge in [-0.3, -0.25) is 0 Å². The molecule has 1 aliphatic heterocycles. The number of para-hydroxylation sites is 1. The van der Waals surface area contributed by atoms with Gasteiger partial charge in [0.15, 0.2) is 0 Å². The van der Waals surface area contributed by atoms with Gasteiger partial charge in [0.05, 0.1) is 11.7 Å². The van der Waals surface area contributed by atoms with Crippen LogP contribution in [0.2, 0.25) is 0 Å². The van der Waals surface area contributed by atoms with Gasteiger partial charge in [0.1, 0.15) is 22.9 Å². The molecule has 1 aliphatic rings. The molecular weight excluding hydrogens is 302 g/mol. The molecule has 0 unspecified atom stereocenters. The van der Waals surface area contributed by atoms with Crippen molar-refractivity contribution in [2.75, 3.05) is 13.2 Å². The van der Waals surface area contributed by atoms with Crippen LogP contribution in [0.1, 0.15) is 28.1 Å². The number of carboxylic acid groups (broad SMARTS) is 1. The second-order valence-corrected chi connectivity index (χ2v) is 6.44. The quantitative estimate of drug-likeness (QED) is 0.915. The molecular formula is C16H17NO4S. The summed E-state index contributed by atoms with van der Waals surface area (Å²) >= 11 is 1.52. The van der Waals surface area contributed by atoms with Gasteiger partial charge in [-0.1, -0.05) is 6.07 Å². The molecule has 0 radical (unpaired) electrons. The van der Waals surface area contributed by atoms with Gasteiger partial charge in [-0.2, -0.15) is 0 Å². The number of aromatic nitrogens is 1. The molecule has 1 aromatic heterocycles. The van der Waals surface area contributed by atoms with Crippen molar-refractivity contribution in [3.8, 4) is 16.3 Å². The topological polar surface area (TPSA) is 68.7 Å². The number of hydrogen-bond donors (Lipinski definition) is 1. The molecule has 1 saturated heterocycles. The number of carbonyl (C=O) groups is 1. The first kappa shape index (κ1) is 15.0. The number of carboxylic acids is 1. The summed E-state index contributed by atoms with van der Waals surface area (Å²) in [6.07, 6.45) is 3.78. The molecule has 2 heterocycles. The van der Waals surface area contributed by atoms with Gasteiger partial charge >= 0.3 is 5.97 Å². The molecule has 1 fully saturated rings. The van der Waals surface area contributed by atoms with Gasteiger partial charge in [-0.25, -0.2) is 9.78 Å². The van der Waals surface area contributed by atoms with E-state index >= 15 is 0 Å². The Morgan fingerprint density at radius 1 is 1.55 bits per heavy atom. The van der Waals surface area contributed by atoms with Gasteiger partial charge in [0, 0.05) is 17.7 Å². The van der Waals surface area contributed by atoms with Crippen LogP contribution in [0.15, 0.2) is 24.4 Å². The summed E-state index contributed by atoms with van der Waals surface area (Å²) in [7, 11) is 0. The van der Waals surface area contributed by atoms with E-state index < -0.39 is 5.97 Å². The number of thiazole rings is 1. The first-order chi connectivity index (χ1) is 10.6. The largest absolute Gasteiger partial charge is 0.489 e. The van der Waals surface area contributed by atoms with Crippen LogP contribution in [0.5, 0.6) is 5.75 Å². The third-order valence-corrected chi connectivity index (χ3v) is 4.48. The predicted molar refractivity (Wildman–Crippen MR) is 83.7 cm³/mol. The zero-order valence-electron chi connectivity index (χ0n) is 12.2. The number of benzene rings is 1. The minimum Gasteiger partial charge on any atom is -0.489 e. The Morgan fingerprint density at radius 3 is 3.05 bits per heavy atom. The van der Waals surface area contributed by atoms with Crippen molar-refractivity contribution < 1.29 is 19.4 Å². The van der Waals surface area contributed by atoms with Crippen LogP contribution in [0.3, 0.4) is 0 Å². The molecule has 22 heavy (non-hydrogen) atoms. The average molecular weight is 319 g/mol. The second kappa shape index (κ2) is 6.46. The maximum Gasteiger partial charge on any atom is 0.339 e. The monoisotopic (exact) mass is 319 g/mol. The number of aryl methyl sites for hydroxylation is 1. The van der Waals surface area contributed by atoms with E-state index in [-0.39, 0.29) is 11.7 Å². The lowest BCUT2D eigenvalue weighted by molar-refractivity contribution is 0.0631. The van der Waals surface area contributed by atoms with E-state index in [4.69, 9.17) is 9.47 Å². The molecule has 0 amide bonds. The predicted octanol–water partition coefficient (Wildman–Crippen LogP) is 3.37. The average Bonchev–Trinajstić information content (AvgIpc) is 3.16. The van der Waals surface area contributed by atoms with Crippen LogP contribution in [-0.2, 0) is 4.74 Å². The molecule has 116 valence electrons. The summed E-state index contributed by atoms with van der Waals surface area (Å²) in [5.41, 5.74) is 0.874. The molecule has 5 nitrogen and oxygen atoms in total. The zero-order valence-corrected chi connectivity index (χ0v) is 13.1. The molecule has 2 aromatic rings. The SMILES string of the molecule is Cc1cnc(-c2cccc(C(=O)O)c2OC[C@H]2CCCO2)s1. The zero-order chi connectivity index (χ0) is 15.5. The van der Waals surface area contributed by atoms with Crippen LogP contribution in [0.25, 0.3) is 10.6 Å². The molecule has 0 bridgehead atoms. The van der Waals surface area contributed by atoms with E-state index in [1.807, 2.05) is 13.0 Å². The minimum absolute atomic E-state index is 0.0349.